The quantitative estimate of drug-likeness (QED) is 0.257. The molecule has 1 saturated heterocycles. The fraction of sp³-hybridized carbons (Fsp3) is 0.174. The van der Waals surface area contributed by atoms with Crippen LogP contribution in [0.1, 0.15) is 22.5 Å². The number of nitrogens with zero attached hydrogens (tertiary/aromatic N) is 4. The second kappa shape index (κ2) is 8.83. The molecule has 1 amide bonds. The number of nitrogens with one attached hydrogen (secondary N) is 1. The number of benzene rings is 2. The highest BCUT2D eigenvalue weighted by molar-refractivity contribution is 7.80. The smallest absolute Gasteiger partial charge is 0.312 e. The summed E-state index contributed by atoms with van der Waals surface area (Å²) in [5.41, 5.74) is 3.36. The average molecular weight is 464 g/mol. The molecule has 1 fully saturated rings. The van der Waals surface area contributed by atoms with Crippen LogP contribution in [0.3, 0.4) is 0 Å². The van der Waals surface area contributed by atoms with E-state index in [0.29, 0.717) is 33.6 Å². The molecule has 10 heteroatoms. The molecular formula is C23H21N5O4S. The van der Waals surface area contributed by atoms with Crippen molar-refractivity contribution in [3.8, 4) is 5.75 Å². The zero-order valence-electron chi connectivity index (χ0n) is 18.2. The number of aromatic nitrogens is 2. The second-order valence-electron chi connectivity index (χ2n) is 7.47. The van der Waals surface area contributed by atoms with Gasteiger partial charge >= 0.3 is 5.69 Å². The van der Waals surface area contributed by atoms with Crippen LogP contribution in [0.5, 0.6) is 5.75 Å². The van der Waals surface area contributed by atoms with Crippen LogP contribution in [-0.4, -0.2) is 32.8 Å². The molecule has 0 saturated carbocycles. The van der Waals surface area contributed by atoms with Crippen molar-refractivity contribution < 1.29 is 14.5 Å². The van der Waals surface area contributed by atoms with Gasteiger partial charge in [0.1, 0.15) is 22.8 Å². The number of para-hydroxylation sites is 1. The van der Waals surface area contributed by atoms with Crippen LogP contribution in [0.2, 0.25) is 0 Å². The molecule has 9 nitrogen and oxygen atoms in total. The van der Waals surface area contributed by atoms with E-state index in [1.165, 1.54) is 4.90 Å². The van der Waals surface area contributed by atoms with E-state index >= 15 is 0 Å². The molecule has 0 atom stereocenters. The third-order valence-electron chi connectivity index (χ3n) is 5.35. The molecule has 1 aliphatic rings. The first-order chi connectivity index (χ1) is 15.8. The van der Waals surface area contributed by atoms with Crippen LogP contribution in [0, 0.1) is 24.0 Å². The van der Waals surface area contributed by atoms with Gasteiger partial charge in [0.25, 0.3) is 5.91 Å². The van der Waals surface area contributed by atoms with Crippen LogP contribution < -0.4 is 15.0 Å². The number of carbonyl (C=O) groups is 1. The molecule has 1 aliphatic heterocycles. The average Bonchev–Trinajstić information content (AvgIpc) is 3.22. The summed E-state index contributed by atoms with van der Waals surface area (Å²) in [6, 6.07) is 14.6. The van der Waals surface area contributed by atoms with Gasteiger partial charge in [0.15, 0.2) is 5.11 Å². The molecule has 3 aromatic rings. The number of methoxy groups -OCH3 is 1. The molecule has 0 bridgehead atoms. The first-order valence-corrected chi connectivity index (χ1v) is 10.5. The predicted molar refractivity (Wildman–Crippen MR) is 128 cm³/mol. The lowest BCUT2D eigenvalue weighted by molar-refractivity contribution is -0.386. The Hall–Kier alpha value is -4.05. The lowest BCUT2D eigenvalue weighted by atomic mass is 10.1. The van der Waals surface area contributed by atoms with Gasteiger partial charge < -0.3 is 10.1 Å². The number of aryl methyl sites for hydroxylation is 1. The van der Waals surface area contributed by atoms with Crippen LogP contribution in [0.25, 0.3) is 6.08 Å². The Balaban J connectivity index is 1.66. The summed E-state index contributed by atoms with van der Waals surface area (Å²) in [5, 5.41) is 18.9. The van der Waals surface area contributed by atoms with Gasteiger partial charge in [-0.3, -0.25) is 24.5 Å². The van der Waals surface area contributed by atoms with Gasteiger partial charge in [0, 0.05) is 5.56 Å². The predicted octanol–water partition coefficient (Wildman–Crippen LogP) is 3.73. The van der Waals surface area contributed by atoms with Crippen LogP contribution in [-0.2, 0) is 11.3 Å². The number of amides is 1. The highest BCUT2D eigenvalue weighted by Gasteiger charge is 2.31. The van der Waals surface area contributed by atoms with E-state index in [1.54, 1.807) is 37.8 Å². The van der Waals surface area contributed by atoms with Gasteiger partial charge in [0.05, 0.1) is 24.3 Å². The van der Waals surface area contributed by atoms with Gasteiger partial charge in [-0.05, 0) is 62.0 Å². The molecule has 0 radical (unpaired) electrons. The van der Waals surface area contributed by atoms with Gasteiger partial charge in [-0.15, -0.1) is 0 Å². The van der Waals surface area contributed by atoms with Gasteiger partial charge in [-0.1, -0.05) is 24.3 Å². The Kier molecular flexibility index (Phi) is 5.93. The number of rotatable bonds is 6. The normalized spacial score (nSPS) is 14.6. The fourth-order valence-electron chi connectivity index (χ4n) is 3.79. The van der Waals surface area contributed by atoms with Gasteiger partial charge in [0.2, 0.25) is 0 Å². The number of carbonyl (C=O) groups excluding carboxylic acids is 1. The molecule has 2 heterocycles. The Bertz CT molecular complexity index is 1300. The molecule has 168 valence electrons. The minimum atomic E-state index is -0.426. The molecule has 33 heavy (non-hydrogen) atoms. The SMILES string of the molecule is COc1ccc(/C=C2/NC(=S)N(c3ccccc3)C2=O)cc1Cn1nc(C)c([N+](=O)[O-])c1C. The van der Waals surface area contributed by atoms with Crippen LogP contribution >= 0.6 is 12.2 Å². The Labute approximate surface area is 195 Å². The number of ether oxygens (including phenoxy) is 1. The summed E-state index contributed by atoms with van der Waals surface area (Å²) in [6.45, 7) is 3.55. The Morgan fingerprint density at radius 2 is 1.94 bits per heavy atom. The summed E-state index contributed by atoms with van der Waals surface area (Å²) < 4.78 is 7.05. The highest BCUT2D eigenvalue weighted by Crippen LogP contribution is 2.27. The van der Waals surface area contributed by atoms with Crippen molar-refractivity contribution in [3.63, 3.8) is 0 Å². The van der Waals surface area contributed by atoms with Crippen molar-refractivity contribution in [2.45, 2.75) is 20.4 Å². The number of nitro groups is 1. The first kappa shape index (κ1) is 22.2. The molecule has 2 aromatic carbocycles. The maximum Gasteiger partial charge on any atom is 0.312 e. The third kappa shape index (κ3) is 4.20. The van der Waals surface area contributed by atoms with E-state index in [9.17, 15) is 14.9 Å². The summed E-state index contributed by atoms with van der Waals surface area (Å²) in [4.78, 5) is 25.3. The second-order valence-corrected chi connectivity index (χ2v) is 7.86. The van der Waals surface area contributed by atoms with Crippen molar-refractivity contribution in [1.29, 1.82) is 0 Å². The number of thiocarbonyl (C=S) groups is 1. The van der Waals surface area contributed by atoms with Crippen molar-refractivity contribution >= 4 is 40.7 Å². The summed E-state index contributed by atoms with van der Waals surface area (Å²) in [6.07, 6.45) is 1.71. The summed E-state index contributed by atoms with van der Waals surface area (Å²) >= 11 is 5.36. The first-order valence-electron chi connectivity index (χ1n) is 10.1. The Morgan fingerprint density at radius 3 is 2.58 bits per heavy atom. The Morgan fingerprint density at radius 1 is 1.21 bits per heavy atom. The molecule has 0 unspecified atom stereocenters. The van der Waals surface area contributed by atoms with Gasteiger partial charge in [-0.25, -0.2) is 0 Å². The lowest BCUT2D eigenvalue weighted by Gasteiger charge is -2.13. The van der Waals surface area contributed by atoms with E-state index in [2.05, 4.69) is 10.4 Å². The summed E-state index contributed by atoms with van der Waals surface area (Å²) in [7, 11) is 1.55. The number of anilines is 1. The highest BCUT2D eigenvalue weighted by atomic mass is 32.1. The van der Waals surface area contributed by atoms with E-state index < -0.39 is 4.92 Å². The minimum absolute atomic E-state index is 0.00232. The van der Waals surface area contributed by atoms with E-state index in [-0.39, 0.29) is 18.1 Å². The number of hydrogen-bond donors (Lipinski definition) is 1. The zero-order valence-corrected chi connectivity index (χ0v) is 19.0. The molecular weight excluding hydrogens is 442 g/mol. The monoisotopic (exact) mass is 463 g/mol. The van der Waals surface area contributed by atoms with Crippen LogP contribution in [0.4, 0.5) is 11.4 Å². The largest absolute Gasteiger partial charge is 0.496 e. The van der Waals surface area contributed by atoms with E-state index in [1.807, 2.05) is 42.5 Å². The summed E-state index contributed by atoms with van der Waals surface area (Å²) in [5.74, 6) is 0.359. The minimum Gasteiger partial charge on any atom is -0.496 e. The zero-order chi connectivity index (χ0) is 23.7. The molecule has 0 spiro atoms. The fourth-order valence-corrected chi connectivity index (χ4v) is 4.09. The lowest BCUT2D eigenvalue weighted by Crippen LogP contribution is -2.30. The van der Waals surface area contributed by atoms with Crippen molar-refractivity contribution in [2.24, 2.45) is 0 Å². The molecule has 1 aromatic heterocycles. The molecule has 0 aliphatic carbocycles. The molecule has 1 N–H and O–H groups in total. The maximum absolute atomic E-state index is 13.0. The number of hydrogen-bond acceptors (Lipinski definition) is 6. The topological polar surface area (TPSA) is 103 Å². The standard InChI is InChI=1S/C23H21N5O4S/c1-14-21(28(30)31)15(2)26(25-14)13-17-11-16(9-10-20(17)32-3)12-19-22(29)27(23(33)24-19)18-7-5-4-6-8-18/h4-12H,13H2,1-3H3,(H,24,33)/b19-12+. The van der Waals surface area contributed by atoms with Crippen molar-refractivity contribution in [1.82, 2.24) is 15.1 Å². The van der Waals surface area contributed by atoms with Crippen LogP contribution in [0.15, 0.2) is 54.2 Å². The van der Waals surface area contributed by atoms with E-state index in [4.69, 9.17) is 17.0 Å². The van der Waals surface area contributed by atoms with Crippen molar-refractivity contribution in [2.75, 3.05) is 12.0 Å². The van der Waals surface area contributed by atoms with Crippen molar-refractivity contribution in [3.05, 3.63) is 86.9 Å². The molecule has 4 rings (SSSR count). The maximum atomic E-state index is 13.0. The third-order valence-corrected chi connectivity index (χ3v) is 5.64. The van der Waals surface area contributed by atoms with E-state index in [0.717, 1.165) is 11.1 Å². The van der Waals surface area contributed by atoms with Gasteiger partial charge in [-0.2, -0.15) is 5.10 Å².